The molecule has 3 aromatic rings. The molecule has 0 saturated carbocycles. The van der Waals surface area contributed by atoms with Crippen molar-refractivity contribution in [1.29, 1.82) is 0 Å². The lowest BCUT2D eigenvalue weighted by Crippen LogP contribution is -2.32. The molecule has 0 aliphatic rings. The zero-order valence-electron chi connectivity index (χ0n) is 16.7. The number of nitrogens with zero attached hydrogens (tertiary/aromatic N) is 2. The Morgan fingerprint density at radius 2 is 1.61 bits per heavy atom. The second-order valence-electron chi connectivity index (χ2n) is 6.39. The Labute approximate surface area is 195 Å². The summed E-state index contributed by atoms with van der Waals surface area (Å²) in [6.45, 7) is 0. The van der Waals surface area contributed by atoms with E-state index in [-0.39, 0.29) is 17.0 Å². The van der Waals surface area contributed by atoms with Crippen LogP contribution in [0.1, 0.15) is 15.9 Å². The number of halogens is 1. The number of para-hydroxylation sites is 1. The number of rotatable bonds is 6. The number of amides is 2. The van der Waals surface area contributed by atoms with Crippen molar-refractivity contribution in [2.45, 2.75) is 0 Å². The highest BCUT2D eigenvalue weighted by Crippen LogP contribution is 2.20. The first kappa shape index (κ1) is 23.3. The molecule has 0 aliphatic heterocycles. The van der Waals surface area contributed by atoms with Gasteiger partial charge in [-0.1, -0.05) is 28.1 Å². The monoisotopic (exact) mass is 510 g/mol. The summed E-state index contributed by atoms with van der Waals surface area (Å²) in [6.07, 6.45) is 1.29. The van der Waals surface area contributed by atoms with Gasteiger partial charge in [-0.15, -0.1) is 0 Å². The minimum atomic E-state index is -0.954. The summed E-state index contributed by atoms with van der Waals surface area (Å²) < 4.78 is 6.00. The maximum Gasteiger partial charge on any atom is 0.350 e. The molecule has 10 nitrogen and oxygen atoms in total. The van der Waals surface area contributed by atoms with E-state index in [1.54, 1.807) is 36.4 Å². The number of carbonyl (C=O) groups is 3. The Bertz CT molecular complexity index is 1230. The van der Waals surface area contributed by atoms with Gasteiger partial charge >= 0.3 is 17.8 Å². The van der Waals surface area contributed by atoms with Gasteiger partial charge in [0.1, 0.15) is 11.3 Å². The minimum absolute atomic E-state index is 0.160. The van der Waals surface area contributed by atoms with Crippen LogP contribution in [-0.4, -0.2) is 28.9 Å². The number of esters is 1. The summed E-state index contributed by atoms with van der Waals surface area (Å²) in [5, 5.41) is 17.2. The number of carbonyl (C=O) groups excluding carboxylic acids is 3. The molecule has 3 rings (SSSR count). The van der Waals surface area contributed by atoms with Gasteiger partial charge in [-0.25, -0.2) is 10.2 Å². The molecule has 0 aromatic heterocycles. The third kappa shape index (κ3) is 6.55. The van der Waals surface area contributed by atoms with E-state index in [1.165, 1.54) is 42.6 Å². The van der Waals surface area contributed by atoms with Crippen LogP contribution in [0, 0.1) is 10.1 Å². The van der Waals surface area contributed by atoms with Gasteiger partial charge in [-0.05, 0) is 60.2 Å². The maximum absolute atomic E-state index is 12.2. The summed E-state index contributed by atoms with van der Waals surface area (Å²) in [5.74, 6) is -2.54. The quantitative estimate of drug-likeness (QED) is 0.129. The highest BCUT2D eigenvalue weighted by molar-refractivity contribution is 9.10. The summed E-state index contributed by atoms with van der Waals surface area (Å²) in [6, 6.07) is 18.1. The first-order chi connectivity index (χ1) is 15.8. The molecular formula is C22H15BrN4O6. The van der Waals surface area contributed by atoms with E-state index in [1.807, 2.05) is 0 Å². The van der Waals surface area contributed by atoms with Crippen molar-refractivity contribution >= 4 is 51.3 Å². The van der Waals surface area contributed by atoms with Gasteiger partial charge < -0.3 is 10.1 Å². The summed E-state index contributed by atoms with van der Waals surface area (Å²) in [4.78, 5) is 46.3. The normalized spacial score (nSPS) is 10.5. The number of hydrogen-bond donors (Lipinski definition) is 2. The Hall–Kier alpha value is -4.38. The largest absolute Gasteiger partial charge is 0.423 e. The predicted octanol–water partition coefficient (Wildman–Crippen LogP) is 3.67. The van der Waals surface area contributed by atoms with Crippen molar-refractivity contribution in [2.24, 2.45) is 5.10 Å². The molecule has 0 saturated heterocycles. The van der Waals surface area contributed by atoms with E-state index in [9.17, 15) is 24.5 Å². The van der Waals surface area contributed by atoms with Gasteiger partial charge in [0.05, 0.1) is 11.1 Å². The van der Waals surface area contributed by atoms with Crippen LogP contribution in [0.4, 0.5) is 11.4 Å². The molecule has 0 fully saturated rings. The lowest BCUT2D eigenvalue weighted by Gasteiger charge is -2.05. The molecule has 11 heteroatoms. The van der Waals surface area contributed by atoms with E-state index in [2.05, 4.69) is 31.8 Å². The molecule has 2 amide bonds. The van der Waals surface area contributed by atoms with Gasteiger partial charge in [0.15, 0.2) is 0 Å². The lowest BCUT2D eigenvalue weighted by molar-refractivity contribution is -0.385. The fourth-order valence-corrected chi connectivity index (χ4v) is 2.79. The first-order valence-corrected chi connectivity index (χ1v) is 10.1. The number of nitro groups is 1. The van der Waals surface area contributed by atoms with Gasteiger partial charge in [-0.3, -0.25) is 19.7 Å². The zero-order valence-corrected chi connectivity index (χ0v) is 18.3. The lowest BCUT2D eigenvalue weighted by atomic mass is 10.2. The molecule has 0 aliphatic carbocycles. The number of benzene rings is 3. The second-order valence-corrected chi connectivity index (χ2v) is 7.31. The topological polar surface area (TPSA) is 140 Å². The van der Waals surface area contributed by atoms with Gasteiger partial charge in [-0.2, -0.15) is 5.10 Å². The van der Waals surface area contributed by atoms with Crippen LogP contribution in [0.2, 0.25) is 0 Å². The highest BCUT2D eigenvalue weighted by atomic mass is 79.9. The number of hydrogen-bond acceptors (Lipinski definition) is 7. The fourth-order valence-electron chi connectivity index (χ4n) is 2.53. The Balaban J connectivity index is 1.54. The third-order valence-electron chi connectivity index (χ3n) is 4.10. The number of nitro benzene ring substituents is 1. The first-order valence-electron chi connectivity index (χ1n) is 9.29. The summed E-state index contributed by atoms with van der Waals surface area (Å²) >= 11 is 3.27. The smallest absolute Gasteiger partial charge is 0.350 e. The van der Waals surface area contributed by atoms with Crippen LogP contribution in [0.3, 0.4) is 0 Å². The van der Waals surface area contributed by atoms with Crippen LogP contribution in [-0.2, 0) is 9.59 Å². The minimum Gasteiger partial charge on any atom is -0.423 e. The molecule has 166 valence electrons. The highest BCUT2D eigenvalue weighted by Gasteiger charge is 2.21. The third-order valence-corrected chi connectivity index (χ3v) is 4.63. The van der Waals surface area contributed by atoms with E-state index in [0.717, 1.165) is 4.47 Å². The average Bonchev–Trinajstić information content (AvgIpc) is 2.81. The fraction of sp³-hybridized carbons (Fsp3) is 0. The molecular weight excluding hydrogens is 496 g/mol. The zero-order chi connectivity index (χ0) is 23.8. The van der Waals surface area contributed by atoms with Gasteiger partial charge in [0, 0.05) is 16.2 Å². The molecule has 0 heterocycles. The maximum atomic E-state index is 12.2. The Kier molecular flexibility index (Phi) is 7.60. The van der Waals surface area contributed by atoms with E-state index < -0.39 is 22.7 Å². The summed E-state index contributed by atoms with van der Waals surface area (Å²) in [7, 11) is 0. The standard InChI is InChI=1S/C22H15BrN4O6/c23-15-7-9-16(10-8-15)25-20(28)21(29)26-24-13-14-5-11-17(12-6-14)33-22(30)18-3-1-2-4-19(18)27(31)32/h1-13H,(H,25,28)(H,26,29)/b24-13+. The number of nitrogens with one attached hydrogen (secondary N) is 2. The molecule has 0 atom stereocenters. The van der Waals surface area contributed by atoms with Crippen LogP contribution in [0.15, 0.2) is 82.4 Å². The SMILES string of the molecule is O=C(N/N=C/c1ccc(OC(=O)c2ccccc2[N+](=O)[O-])cc1)C(=O)Nc1ccc(Br)cc1. The number of anilines is 1. The average molecular weight is 511 g/mol. The second kappa shape index (κ2) is 10.8. The van der Waals surface area contributed by atoms with Crippen molar-refractivity contribution in [1.82, 2.24) is 5.43 Å². The molecule has 0 spiro atoms. The predicted molar refractivity (Wildman–Crippen MR) is 123 cm³/mol. The number of ether oxygens (including phenoxy) is 1. The van der Waals surface area contributed by atoms with Gasteiger partial charge in [0.2, 0.25) is 0 Å². The van der Waals surface area contributed by atoms with Crippen LogP contribution in [0.25, 0.3) is 0 Å². The van der Waals surface area contributed by atoms with Crippen LogP contribution in [0.5, 0.6) is 5.75 Å². The Morgan fingerprint density at radius 3 is 2.27 bits per heavy atom. The Morgan fingerprint density at radius 1 is 0.939 bits per heavy atom. The van der Waals surface area contributed by atoms with Crippen molar-refractivity contribution < 1.29 is 24.0 Å². The van der Waals surface area contributed by atoms with Crippen molar-refractivity contribution in [2.75, 3.05) is 5.32 Å². The molecule has 33 heavy (non-hydrogen) atoms. The molecule has 0 radical (unpaired) electrons. The molecule has 2 N–H and O–H groups in total. The van der Waals surface area contributed by atoms with Crippen molar-refractivity contribution in [3.8, 4) is 5.75 Å². The van der Waals surface area contributed by atoms with E-state index in [4.69, 9.17) is 4.74 Å². The van der Waals surface area contributed by atoms with Crippen molar-refractivity contribution in [3.05, 3.63) is 98.5 Å². The molecule has 0 unspecified atom stereocenters. The molecule has 0 bridgehead atoms. The summed E-state index contributed by atoms with van der Waals surface area (Å²) in [5.41, 5.74) is 2.57. The van der Waals surface area contributed by atoms with E-state index >= 15 is 0 Å². The van der Waals surface area contributed by atoms with Gasteiger partial charge in [0.25, 0.3) is 5.69 Å². The number of hydrazone groups is 1. The van der Waals surface area contributed by atoms with E-state index in [0.29, 0.717) is 11.3 Å². The molecule has 3 aromatic carbocycles. The van der Waals surface area contributed by atoms with Crippen molar-refractivity contribution in [3.63, 3.8) is 0 Å². The van der Waals surface area contributed by atoms with Crippen LogP contribution < -0.4 is 15.5 Å². The van der Waals surface area contributed by atoms with Crippen LogP contribution >= 0.6 is 15.9 Å².